The highest BCUT2D eigenvalue weighted by atomic mass is 79.9. The molecule has 0 fully saturated rings. The number of aromatic nitrogens is 2. The summed E-state index contributed by atoms with van der Waals surface area (Å²) in [5.74, 6) is 0. The molecule has 4 aromatic rings. The van der Waals surface area contributed by atoms with Gasteiger partial charge in [0.15, 0.2) is 0 Å². The lowest BCUT2D eigenvalue weighted by Gasteiger charge is -2.15. The lowest BCUT2D eigenvalue weighted by molar-refractivity contribution is 0.714. The molecule has 0 aliphatic carbocycles. The molecule has 0 spiro atoms. The Morgan fingerprint density at radius 1 is 0.893 bits per heavy atom. The summed E-state index contributed by atoms with van der Waals surface area (Å²) in [5, 5.41) is 1.41. The van der Waals surface area contributed by atoms with Crippen LogP contribution in [-0.4, -0.2) is 9.13 Å². The first-order valence-corrected chi connectivity index (χ1v) is 9.95. The van der Waals surface area contributed by atoms with Crippen molar-refractivity contribution in [1.29, 1.82) is 0 Å². The maximum Gasteiger partial charge on any atom is 0.336 e. The number of benzene rings is 3. The lowest BCUT2D eigenvalue weighted by atomic mass is 10.2. The van der Waals surface area contributed by atoms with E-state index >= 15 is 0 Å². The molecule has 1 heterocycles. The second-order valence-corrected chi connectivity index (χ2v) is 8.00. The van der Waals surface area contributed by atoms with Crippen molar-refractivity contribution in [3.63, 3.8) is 0 Å². The van der Waals surface area contributed by atoms with E-state index in [2.05, 4.69) is 15.9 Å². The van der Waals surface area contributed by atoms with Crippen LogP contribution >= 0.6 is 39.1 Å². The zero-order valence-corrected chi connectivity index (χ0v) is 17.5. The molecule has 0 atom stereocenters. The van der Waals surface area contributed by atoms with E-state index in [0.29, 0.717) is 26.6 Å². The van der Waals surface area contributed by atoms with E-state index in [1.807, 2.05) is 18.2 Å². The molecule has 28 heavy (non-hydrogen) atoms. The Labute approximate surface area is 178 Å². The summed E-state index contributed by atoms with van der Waals surface area (Å²) in [6.45, 7) is 0.234. The molecule has 0 aliphatic heterocycles. The van der Waals surface area contributed by atoms with Crippen molar-refractivity contribution in [2.24, 2.45) is 0 Å². The van der Waals surface area contributed by atoms with Gasteiger partial charge in [0, 0.05) is 14.5 Å². The third kappa shape index (κ3) is 3.41. The minimum atomic E-state index is -0.456. The standard InChI is InChI=1S/C21H13BrCl2N2O2/c22-14-8-9-19-17(10-14)20(27)26(16-6-3-5-15(23)11-16)21(28)25(19)12-13-4-1-2-7-18(13)24/h1-11H,12H2. The molecule has 0 aliphatic rings. The topological polar surface area (TPSA) is 44.0 Å². The highest BCUT2D eigenvalue weighted by Crippen LogP contribution is 2.21. The molecule has 7 heteroatoms. The molecule has 0 unspecified atom stereocenters. The molecular formula is C21H13BrCl2N2O2. The monoisotopic (exact) mass is 474 g/mol. The fourth-order valence-electron chi connectivity index (χ4n) is 3.14. The average molecular weight is 476 g/mol. The van der Waals surface area contributed by atoms with Crippen molar-refractivity contribution in [3.05, 3.63) is 108 Å². The number of hydrogen-bond acceptors (Lipinski definition) is 2. The van der Waals surface area contributed by atoms with Crippen LogP contribution < -0.4 is 11.2 Å². The first-order valence-electron chi connectivity index (χ1n) is 8.40. The number of nitrogens with zero attached hydrogens (tertiary/aromatic N) is 2. The van der Waals surface area contributed by atoms with Crippen molar-refractivity contribution >= 4 is 50.0 Å². The number of halogens is 3. The van der Waals surface area contributed by atoms with E-state index in [1.54, 1.807) is 53.1 Å². The lowest BCUT2D eigenvalue weighted by Crippen LogP contribution is -2.39. The summed E-state index contributed by atoms with van der Waals surface area (Å²) in [7, 11) is 0. The predicted octanol–water partition coefficient (Wildman–Crippen LogP) is 5.27. The molecule has 0 bridgehead atoms. The predicted molar refractivity (Wildman–Crippen MR) is 117 cm³/mol. The van der Waals surface area contributed by atoms with Gasteiger partial charge in [-0.2, -0.15) is 0 Å². The van der Waals surface area contributed by atoms with Gasteiger partial charge in [0.2, 0.25) is 0 Å². The van der Waals surface area contributed by atoms with Crippen molar-refractivity contribution in [1.82, 2.24) is 9.13 Å². The zero-order chi connectivity index (χ0) is 19.8. The number of fused-ring (bicyclic) bond motifs is 1. The number of rotatable bonds is 3. The molecule has 0 amide bonds. The molecule has 140 valence electrons. The van der Waals surface area contributed by atoms with E-state index in [0.717, 1.165) is 14.6 Å². The zero-order valence-electron chi connectivity index (χ0n) is 14.4. The summed E-state index contributed by atoms with van der Waals surface area (Å²) in [5.41, 5.74) is 0.876. The van der Waals surface area contributed by atoms with Gasteiger partial charge in [0.05, 0.1) is 23.1 Å². The summed E-state index contributed by atoms with van der Waals surface area (Å²) in [6, 6.07) is 19.2. The maximum absolute atomic E-state index is 13.3. The quantitative estimate of drug-likeness (QED) is 0.405. The molecule has 0 saturated heterocycles. The largest absolute Gasteiger partial charge is 0.336 e. The summed E-state index contributed by atoms with van der Waals surface area (Å²) < 4.78 is 3.43. The molecule has 0 saturated carbocycles. The second-order valence-electron chi connectivity index (χ2n) is 6.24. The Morgan fingerprint density at radius 2 is 1.68 bits per heavy atom. The van der Waals surface area contributed by atoms with Crippen molar-refractivity contribution in [2.45, 2.75) is 6.54 Å². The highest BCUT2D eigenvalue weighted by molar-refractivity contribution is 9.10. The van der Waals surface area contributed by atoms with Gasteiger partial charge < -0.3 is 0 Å². The van der Waals surface area contributed by atoms with E-state index < -0.39 is 11.2 Å². The normalized spacial score (nSPS) is 11.1. The van der Waals surface area contributed by atoms with Crippen molar-refractivity contribution in [3.8, 4) is 5.69 Å². The number of hydrogen-bond donors (Lipinski definition) is 0. The van der Waals surface area contributed by atoms with E-state index in [9.17, 15) is 9.59 Å². The van der Waals surface area contributed by atoms with Gasteiger partial charge in [-0.1, -0.05) is 63.4 Å². The van der Waals surface area contributed by atoms with Crippen LogP contribution in [0.15, 0.2) is 80.8 Å². The van der Waals surface area contributed by atoms with E-state index in [4.69, 9.17) is 23.2 Å². The van der Waals surface area contributed by atoms with Crippen LogP contribution in [0.2, 0.25) is 10.0 Å². The summed E-state index contributed by atoms with van der Waals surface area (Å²) in [4.78, 5) is 26.5. The molecule has 4 rings (SSSR count). The van der Waals surface area contributed by atoms with Crippen LogP contribution in [0, 0.1) is 0 Å². The Bertz CT molecular complexity index is 1330. The van der Waals surface area contributed by atoms with Crippen LogP contribution in [0.3, 0.4) is 0 Å². The molecule has 3 aromatic carbocycles. The van der Waals surface area contributed by atoms with Gasteiger partial charge in [0.25, 0.3) is 5.56 Å². The fourth-order valence-corrected chi connectivity index (χ4v) is 3.88. The van der Waals surface area contributed by atoms with Crippen LogP contribution in [-0.2, 0) is 6.54 Å². The Balaban J connectivity index is 2.07. The average Bonchev–Trinajstić information content (AvgIpc) is 2.67. The molecule has 0 N–H and O–H groups in total. The third-order valence-corrected chi connectivity index (χ3v) is 5.55. The van der Waals surface area contributed by atoms with Gasteiger partial charge in [0.1, 0.15) is 0 Å². The van der Waals surface area contributed by atoms with Crippen LogP contribution in [0.5, 0.6) is 0 Å². The molecular weight excluding hydrogens is 463 g/mol. The smallest absolute Gasteiger partial charge is 0.288 e. The van der Waals surface area contributed by atoms with Gasteiger partial charge >= 0.3 is 5.69 Å². The Morgan fingerprint density at radius 3 is 2.43 bits per heavy atom. The minimum Gasteiger partial charge on any atom is -0.288 e. The van der Waals surface area contributed by atoms with E-state index in [-0.39, 0.29) is 6.54 Å². The van der Waals surface area contributed by atoms with E-state index in [1.165, 1.54) is 0 Å². The van der Waals surface area contributed by atoms with Gasteiger partial charge in [-0.3, -0.25) is 9.36 Å². The SMILES string of the molecule is O=c1c2cc(Br)ccc2n(Cc2ccccc2Cl)c(=O)n1-c1cccc(Cl)c1. The second kappa shape index (κ2) is 7.59. The molecule has 0 radical (unpaired) electrons. The van der Waals surface area contributed by atoms with Gasteiger partial charge in [-0.15, -0.1) is 0 Å². The summed E-state index contributed by atoms with van der Waals surface area (Å²) >= 11 is 15.8. The van der Waals surface area contributed by atoms with Crippen molar-refractivity contribution in [2.75, 3.05) is 0 Å². The van der Waals surface area contributed by atoms with Gasteiger partial charge in [-0.05, 0) is 48.0 Å². The van der Waals surface area contributed by atoms with Gasteiger partial charge in [-0.25, -0.2) is 9.36 Å². The first-order chi connectivity index (χ1) is 13.5. The Kier molecular flexibility index (Phi) is 5.15. The van der Waals surface area contributed by atoms with Crippen LogP contribution in [0.4, 0.5) is 0 Å². The van der Waals surface area contributed by atoms with Crippen LogP contribution in [0.25, 0.3) is 16.6 Å². The maximum atomic E-state index is 13.3. The van der Waals surface area contributed by atoms with Crippen LogP contribution in [0.1, 0.15) is 5.56 Å². The molecule has 4 nitrogen and oxygen atoms in total. The minimum absolute atomic E-state index is 0.234. The molecule has 1 aromatic heterocycles. The third-order valence-electron chi connectivity index (χ3n) is 4.46. The fraction of sp³-hybridized carbons (Fsp3) is 0.0476. The first kappa shape index (κ1) is 19.0. The highest BCUT2D eigenvalue weighted by Gasteiger charge is 2.16. The summed E-state index contributed by atoms with van der Waals surface area (Å²) in [6.07, 6.45) is 0. The Hall–Kier alpha value is -2.34. The van der Waals surface area contributed by atoms with Crippen molar-refractivity contribution < 1.29 is 0 Å².